The van der Waals surface area contributed by atoms with Gasteiger partial charge in [-0.05, 0) is 26.0 Å². The largest absolute Gasteiger partial charge is 0.0793 e. The topological polar surface area (TPSA) is 0 Å². The van der Waals surface area contributed by atoms with Gasteiger partial charge in [-0.25, -0.2) is 0 Å². The summed E-state index contributed by atoms with van der Waals surface area (Å²) in [6.07, 6.45) is 7.47. The van der Waals surface area contributed by atoms with Gasteiger partial charge >= 0.3 is 0 Å². The van der Waals surface area contributed by atoms with Crippen molar-refractivity contribution in [2.45, 2.75) is 13.8 Å². The smallest absolute Gasteiger partial charge is 0.0158 e. The predicted molar refractivity (Wildman–Crippen MR) is 37.4 cm³/mol. The molecule has 0 heterocycles. The molecule has 8 heavy (non-hydrogen) atoms. The predicted octanol–water partition coefficient (Wildman–Crippen LogP) is 2.14. The molecule has 0 N–H and O–H groups in total. The summed E-state index contributed by atoms with van der Waals surface area (Å²) in [4.78, 5) is 0. The summed E-state index contributed by atoms with van der Waals surface area (Å²) in [6, 6.07) is 0. The van der Waals surface area contributed by atoms with Gasteiger partial charge in [0.15, 0.2) is 0 Å². The van der Waals surface area contributed by atoms with Gasteiger partial charge in [0.2, 0.25) is 0 Å². The Balaban J connectivity index is 3.51. The van der Waals surface area contributed by atoms with E-state index in [2.05, 4.69) is 11.8 Å². The molecular formula is C8H10. The minimum Gasteiger partial charge on any atom is -0.0793 e. The molecule has 0 aromatic heterocycles. The summed E-state index contributed by atoms with van der Waals surface area (Å²) in [5.74, 6) is 5.64. The van der Waals surface area contributed by atoms with E-state index in [9.17, 15) is 0 Å². The highest BCUT2D eigenvalue weighted by Gasteiger charge is 1.51. The summed E-state index contributed by atoms with van der Waals surface area (Å²) in [6.45, 7) is 3.90. The second-order valence-corrected chi connectivity index (χ2v) is 1.29. The molecule has 0 amide bonds. The molecule has 0 fully saturated rings. The van der Waals surface area contributed by atoms with Gasteiger partial charge in [-0.2, -0.15) is 0 Å². The summed E-state index contributed by atoms with van der Waals surface area (Å²) < 4.78 is 0. The third-order valence-electron chi connectivity index (χ3n) is 0.583. The normalized spacial score (nSPS) is 9.75. The maximum absolute atomic E-state index is 2.82. The molecule has 0 spiro atoms. The standard InChI is InChI=1S/C8H10/c1-3-5-7-8-6-4-2/h3-6H,1-2H3/b5-3-,6-4-. The molecule has 42 valence electrons. The zero-order valence-corrected chi connectivity index (χ0v) is 5.31. The molecule has 0 saturated carbocycles. The molecule has 0 aliphatic heterocycles. The quantitative estimate of drug-likeness (QED) is 0.415. The van der Waals surface area contributed by atoms with E-state index < -0.39 is 0 Å². The molecule has 0 aliphatic rings. The van der Waals surface area contributed by atoms with Gasteiger partial charge in [0.1, 0.15) is 0 Å². The van der Waals surface area contributed by atoms with E-state index in [0.29, 0.717) is 0 Å². The first kappa shape index (κ1) is 7.04. The number of hydrogen-bond donors (Lipinski definition) is 0. The Bertz CT molecular complexity index is 123. The molecule has 0 radical (unpaired) electrons. The minimum atomic E-state index is 1.82. The van der Waals surface area contributed by atoms with Crippen molar-refractivity contribution in [3.63, 3.8) is 0 Å². The van der Waals surface area contributed by atoms with Gasteiger partial charge in [-0.3, -0.25) is 0 Å². The first-order chi connectivity index (χ1) is 3.91. The van der Waals surface area contributed by atoms with Crippen molar-refractivity contribution in [1.29, 1.82) is 0 Å². The SMILES string of the molecule is C/C=C\C#C/C=C\C. The van der Waals surface area contributed by atoms with Crippen molar-refractivity contribution >= 4 is 0 Å². The Labute approximate surface area is 50.9 Å². The van der Waals surface area contributed by atoms with Crippen LogP contribution >= 0.6 is 0 Å². The maximum Gasteiger partial charge on any atom is -0.0158 e. The Kier molecular flexibility index (Phi) is 5.32. The van der Waals surface area contributed by atoms with Crippen molar-refractivity contribution < 1.29 is 0 Å². The molecule has 0 atom stereocenters. The van der Waals surface area contributed by atoms with E-state index in [1.54, 1.807) is 0 Å². The van der Waals surface area contributed by atoms with Crippen molar-refractivity contribution in [1.82, 2.24) is 0 Å². The second kappa shape index (κ2) is 6.04. The molecule has 0 aromatic carbocycles. The molecular weight excluding hydrogens is 96.1 g/mol. The molecule has 0 heteroatoms. The highest BCUT2D eigenvalue weighted by Crippen LogP contribution is 1.67. The average Bonchev–Trinajstić information content (AvgIpc) is 1.81. The maximum atomic E-state index is 2.82. The number of rotatable bonds is 0. The van der Waals surface area contributed by atoms with Crippen LogP contribution in [0, 0.1) is 11.8 Å². The van der Waals surface area contributed by atoms with Gasteiger partial charge in [0, 0.05) is 0 Å². The first-order valence-electron chi connectivity index (χ1n) is 2.65. The highest BCUT2D eigenvalue weighted by atomic mass is 13.6. The Morgan fingerprint density at radius 2 is 1.25 bits per heavy atom. The zero-order chi connectivity index (χ0) is 6.24. The van der Waals surface area contributed by atoms with Crippen molar-refractivity contribution in [3.05, 3.63) is 24.3 Å². The van der Waals surface area contributed by atoms with Gasteiger partial charge in [-0.15, -0.1) is 0 Å². The van der Waals surface area contributed by atoms with E-state index in [0.717, 1.165) is 0 Å². The van der Waals surface area contributed by atoms with Crippen molar-refractivity contribution in [3.8, 4) is 11.8 Å². The van der Waals surface area contributed by atoms with Crippen LogP contribution in [0.25, 0.3) is 0 Å². The van der Waals surface area contributed by atoms with Crippen LogP contribution in [-0.4, -0.2) is 0 Å². The highest BCUT2D eigenvalue weighted by molar-refractivity contribution is 5.22. The summed E-state index contributed by atoms with van der Waals surface area (Å²) >= 11 is 0. The van der Waals surface area contributed by atoms with E-state index in [1.807, 2.05) is 38.2 Å². The lowest BCUT2D eigenvalue weighted by Gasteiger charge is -1.61. The monoisotopic (exact) mass is 106 g/mol. The van der Waals surface area contributed by atoms with Crippen LogP contribution in [0.1, 0.15) is 13.8 Å². The molecule has 0 aliphatic carbocycles. The Morgan fingerprint density at radius 3 is 1.50 bits per heavy atom. The van der Waals surface area contributed by atoms with Gasteiger partial charge in [0.25, 0.3) is 0 Å². The molecule has 0 bridgehead atoms. The van der Waals surface area contributed by atoms with Crippen LogP contribution < -0.4 is 0 Å². The number of allylic oxidation sites excluding steroid dienone is 4. The van der Waals surface area contributed by atoms with Crippen LogP contribution in [-0.2, 0) is 0 Å². The van der Waals surface area contributed by atoms with Gasteiger partial charge < -0.3 is 0 Å². The third-order valence-corrected chi connectivity index (χ3v) is 0.583. The zero-order valence-electron chi connectivity index (χ0n) is 5.31. The summed E-state index contributed by atoms with van der Waals surface area (Å²) in [5.41, 5.74) is 0. The van der Waals surface area contributed by atoms with Crippen LogP contribution in [0.15, 0.2) is 24.3 Å². The second-order valence-electron chi connectivity index (χ2n) is 1.29. The van der Waals surface area contributed by atoms with Crippen LogP contribution in [0.2, 0.25) is 0 Å². The van der Waals surface area contributed by atoms with E-state index >= 15 is 0 Å². The minimum absolute atomic E-state index is 1.82. The lowest BCUT2D eigenvalue weighted by molar-refractivity contribution is 1.75. The van der Waals surface area contributed by atoms with E-state index in [-0.39, 0.29) is 0 Å². The van der Waals surface area contributed by atoms with Crippen molar-refractivity contribution in [2.24, 2.45) is 0 Å². The van der Waals surface area contributed by atoms with E-state index in [1.165, 1.54) is 0 Å². The average molecular weight is 106 g/mol. The van der Waals surface area contributed by atoms with Crippen LogP contribution in [0.3, 0.4) is 0 Å². The molecule has 0 unspecified atom stereocenters. The summed E-state index contributed by atoms with van der Waals surface area (Å²) in [5, 5.41) is 0. The van der Waals surface area contributed by atoms with Crippen molar-refractivity contribution in [2.75, 3.05) is 0 Å². The van der Waals surface area contributed by atoms with Crippen LogP contribution in [0.5, 0.6) is 0 Å². The molecule has 0 aromatic rings. The molecule has 0 rings (SSSR count). The molecule has 0 saturated heterocycles. The fraction of sp³-hybridized carbons (Fsp3) is 0.250. The number of hydrogen-bond acceptors (Lipinski definition) is 0. The van der Waals surface area contributed by atoms with Gasteiger partial charge in [-0.1, -0.05) is 24.0 Å². The Hall–Kier alpha value is -0.960. The third kappa shape index (κ3) is 5.04. The fourth-order valence-electron chi connectivity index (χ4n) is 0.263. The fourth-order valence-corrected chi connectivity index (χ4v) is 0.263. The van der Waals surface area contributed by atoms with Crippen LogP contribution in [0.4, 0.5) is 0 Å². The van der Waals surface area contributed by atoms with E-state index in [4.69, 9.17) is 0 Å². The lowest BCUT2D eigenvalue weighted by Crippen LogP contribution is -1.47. The lowest BCUT2D eigenvalue weighted by atomic mass is 10.5. The summed E-state index contributed by atoms with van der Waals surface area (Å²) in [7, 11) is 0. The molecule has 0 nitrogen and oxygen atoms in total. The first-order valence-corrected chi connectivity index (χ1v) is 2.65. The van der Waals surface area contributed by atoms with Gasteiger partial charge in [0.05, 0.1) is 0 Å². The Morgan fingerprint density at radius 1 is 0.875 bits per heavy atom.